The maximum atomic E-state index is 11.5. The Morgan fingerprint density at radius 3 is 2.24 bits per heavy atom. The van der Waals surface area contributed by atoms with Gasteiger partial charge in [-0.05, 0) is 51.6 Å². The van der Waals surface area contributed by atoms with Crippen LogP contribution in [0.3, 0.4) is 0 Å². The number of nitrogens with zero attached hydrogens (tertiary/aromatic N) is 1. The Hall–Kier alpha value is -0.610. The first-order valence-corrected chi connectivity index (χ1v) is 6.84. The quantitative estimate of drug-likeness (QED) is 0.749. The number of nitrogens with one attached hydrogen (secondary N) is 1. The lowest BCUT2D eigenvalue weighted by Gasteiger charge is -2.39. The zero-order chi connectivity index (χ0) is 12.3. The van der Waals surface area contributed by atoms with Gasteiger partial charge in [-0.1, -0.05) is 0 Å². The van der Waals surface area contributed by atoms with Crippen LogP contribution in [0, 0.1) is 5.92 Å². The zero-order valence-corrected chi connectivity index (χ0v) is 10.7. The van der Waals surface area contributed by atoms with Crippen LogP contribution in [-0.4, -0.2) is 48.2 Å². The van der Waals surface area contributed by atoms with Crippen LogP contribution in [-0.2, 0) is 4.79 Å². The minimum absolute atomic E-state index is 0.0744. The third kappa shape index (κ3) is 3.19. The smallest absolute Gasteiger partial charge is 0.222 e. The normalized spacial score (nSPS) is 32.4. The highest BCUT2D eigenvalue weighted by Crippen LogP contribution is 2.27. The van der Waals surface area contributed by atoms with E-state index in [1.807, 2.05) is 0 Å². The van der Waals surface area contributed by atoms with Crippen molar-refractivity contribution in [1.82, 2.24) is 10.2 Å². The van der Waals surface area contributed by atoms with Gasteiger partial charge < -0.3 is 15.3 Å². The van der Waals surface area contributed by atoms with Gasteiger partial charge in [0.25, 0.3) is 0 Å². The molecular formula is C13H24N2O2. The molecule has 4 nitrogen and oxygen atoms in total. The van der Waals surface area contributed by atoms with E-state index in [1.165, 1.54) is 0 Å². The van der Waals surface area contributed by atoms with Gasteiger partial charge in [0.15, 0.2) is 0 Å². The minimum Gasteiger partial charge on any atom is -0.393 e. The van der Waals surface area contributed by atoms with Gasteiger partial charge in [0.05, 0.1) is 6.10 Å². The number of rotatable bonds is 2. The number of aliphatic hydroxyl groups excluding tert-OH is 1. The molecule has 1 aliphatic heterocycles. The van der Waals surface area contributed by atoms with E-state index in [9.17, 15) is 9.90 Å². The predicted molar refractivity (Wildman–Crippen MR) is 66.6 cm³/mol. The van der Waals surface area contributed by atoms with Gasteiger partial charge in [-0.25, -0.2) is 0 Å². The molecule has 0 spiro atoms. The highest BCUT2D eigenvalue weighted by Gasteiger charge is 2.30. The van der Waals surface area contributed by atoms with Gasteiger partial charge in [0.2, 0.25) is 5.91 Å². The van der Waals surface area contributed by atoms with Crippen molar-refractivity contribution in [3.05, 3.63) is 0 Å². The van der Waals surface area contributed by atoms with E-state index in [1.54, 1.807) is 7.05 Å². The molecule has 0 aromatic rings. The third-order valence-electron chi connectivity index (χ3n) is 4.33. The van der Waals surface area contributed by atoms with Crippen molar-refractivity contribution in [1.29, 1.82) is 0 Å². The first-order chi connectivity index (χ1) is 8.20. The third-order valence-corrected chi connectivity index (χ3v) is 4.33. The average Bonchev–Trinajstić information content (AvgIpc) is 2.39. The van der Waals surface area contributed by atoms with Crippen molar-refractivity contribution in [2.45, 2.75) is 50.7 Å². The predicted octanol–water partition coefficient (Wildman–Crippen LogP) is 0.748. The maximum Gasteiger partial charge on any atom is 0.222 e. The summed E-state index contributed by atoms with van der Waals surface area (Å²) in [6.07, 6.45) is 6.02. The van der Waals surface area contributed by atoms with Gasteiger partial charge >= 0.3 is 0 Å². The second kappa shape index (κ2) is 5.83. The number of likely N-dealkylation sites (tertiary alicyclic amines) is 1. The van der Waals surface area contributed by atoms with Gasteiger partial charge in [-0.15, -0.1) is 0 Å². The minimum atomic E-state index is -0.0744. The second-order valence-corrected chi connectivity index (χ2v) is 5.39. The molecule has 0 bridgehead atoms. The second-order valence-electron chi connectivity index (χ2n) is 5.39. The summed E-state index contributed by atoms with van der Waals surface area (Å²) in [6, 6.07) is 0.643. The lowest BCUT2D eigenvalue weighted by Crippen LogP contribution is -2.46. The van der Waals surface area contributed by atoms with Crippen molar-refractivity contribution in [3.63, 3.8) is 0 Å². The summed E-state index contributed by atoms with van der Waals surface area (Å²) in [6.45, 7) is 2.08. The highest BCUT2D eigenvalue weighted by atomic mass is 16.3. The first-order valence-electron chi connectivity index (χ1n) is 6.84. The Labute approximate surface area is 103 Å². The van der Waals surface area contributed by atoms with Crippen molar-refractivity contribution in [2.24, 2.45) is 5.92 Å². The fourth-order valence-electron chi connectivity index (χ4n) is 3.15. The number of hydrogen-bond acceptors (Lipinski definition) is 3. The summed E-state index contributed by atoms with van der Waals surface area (Å²) >= 11 is 0. The molecule has 0 radical (unpaired) electrons. The van der Waals surface area contributed by atoms with Crippen LogP contribution in [0.25, 0.3) is 0 Å². The van der Waals surface area contributed by atoms with Crippen molar-refractivity contribution < 1.29 is 9.90 Å². The Kier molecular flexibility index (Phi) is 4.40. The van der Waals surface area contributed by atoms with E-state index in [4.69, 9.17) is 0 Å². The molecule has 2 N–H and O–H groups in total. The fourth-order valence-corrected chi connectivity index (χ4v) is 3.15. The Morgan fingerprint density at radius 2 is 1.71 bits per heavy atom. The van der Waals surface area contributed by atoms with Crippen molar-refractivity contribution in [3.8, 4) is 0 Å². The van der Waals surface area contributed by atoms with E-state index in [2.05, 4.69) is 10.2 Å². The molecule has 2 rings (SSSR count). The molecule has 1 heterocycles. The molecule has 98 valence electrons. The monoisotopic (exact) mass is 240 g/mol. The summed E-state index contributed by atoms with van der Waals surface area (Å²) in [7, 11) is 1.72. The van der Waals surface area contributed by atoms with Crippen LogP contribution in [0.5, 0.6) is 0 Å². The van der Waals surface area contributed by atoms with Crippen LogP contribution in [0.15, 0.2) is 0 Å². The summed E-state index contributed by atoms with van der Waals surface area (Å²) in [5.41, 5.74) is 0. The molecule has 0 unspecified atom stereocenters. The molecule has 0 aromatic carbocycles. The molecule has 0 aromatic heterocycles. The molecule has 1 saturated heterocycles. The van der Waals surface area contributed by atoms with Gasteiger partial charge in [0, 0.05) is 19.0 Å². The number of piperidine rings is 1. The molecule has 1 aliphatic carbocycles. The van der Waals surface area contributed by atoms with Crippen LogP contribution in [0.1, 0.15) is 38.5 Å². The number of amides is 1. The zero-order valence-electron chi connectivity index (χ0n) is 10.7. The van der Waals surface area contributed by atoms with Crippen LogP contribution in [0.4, 0.5) is 0 Å². The van der Waals surface area contributed by atoms with E-state index in [-0.39, 0.29) is 17.9 Å². The van der Waals surface area contributed by atoms with E-state index in [0.717, 1.165) is 51.6 Å². The number of carbonyl (C=O) groups is 1. The first kappa shape index (κ1) is 12.8. The lowest BCUT2D eigenvalue weighted by atomic mass is 9.88. The van der Waals surface area contributed by atoms with Crippen LogP contribution < -0.4 is 5.32 Å². The molecule has 1 amide bonds. The summed E-state index contributed by atoms with van der Waals surface area (Å²) in [5.74, 6) is 0.411. The van der Waals surface area contributed by atoms with Crippen molar-refractivity contribution >= 4 is 5.91 Å². The Bertz CT molecular complexity index is 254. The maximum absolute atomic E-state index is 11.5. The largest absolute Gasteiger partial charge is 0.393 e. The van der Waals surface area contributed by atoms with E-state index >= 15 is 0 Å². The molecule has 4 heteroatoms. The van der Waals surface area contributed by atoms with Gasteiger partial charge in [0.1, 0.15) is 0 Å². The number of hydrogen-bond donors (Lipinski definition) is 2. The SMILES string of the molecule is CNC(=O)C1CCN(C2CCC(O)CC2)CC1. The lowest BCUT2D eigenvalue weighted by molar-refractivity contribution is -0.126. The standard InChI is InChI=1S/C13H24N2O2/c1-14-13(17)10-6-8-15(9-7-10)11-2-4-12(16)5-3-11/h10-12,16H,2-9H2,1H3,(H,14,17). The van der Waals surface area contributed by atoms with Crippen LogP contribution >= 0.6 is 0 Å². The Morgan fingerprint density at radius 1 is 1.12 bits per heavy atom. The Balaban J connectivity index is 1.77. The topological polar surface area (TPSA) is 52.6 Å². The molecular weight excluding hydrogens is 216 g/mol. The highest BCUT2D eigenvalue weighted by molar-refractivity contribution is 5.78. The summed E-state index contributed by atoms with van der Waals surface area (Å²) in [4.78, 5) is 14.0. The summed E-state index contributed by atoms with van der Waals surface area (Å²) < 4.78 is 0. The average molecular weight is 240 g/mol. The van der Waals surface area contributed by atoms with E-state index < -0.39 is 0 Å². The van der Waals surface area contributed by atoms with Gasteiger partial charge in [-0.3, -0.25) is 4.79 Å². The van der Waals surface area contributed by atoms with Crippen molar-refractivity contribution in [2.75, 3.05) is 20.1 Å². The molecule has 2 fully saturated rings. The molecule has 0 atom stereocenters. The summed E-state index contributed by atoms with van der Waals surface area (Å²) in [5, 5.41) is 12.2. The molecule has 2 aliphatic rings. The number of carbonyl (C=O) groups excluding carboxylic acids is 1. The van der Waals surface area contributed by atoms with Gasteiger partial charge in [-0.2, -0.15) is 0 Å². The molecule has 17 heavy (non-hydrogen) atoms. The fraction of sp³-hybridized carbons (Fsp3) is 0.923. The van der Waals surface area contributed by atoms with Crippen LogP contribution in [0.2, 0.25) is 0 Å². The molecule has 1 saturated carbocycles. The van der Waals surface area contributed by atoms with E-state index in [0.29, 0.717) is 6.04 Å². The number of aliphatic hydroxyl groups is 1.